The van der Waals surface area contributed by atoms with E-state index in [0.717, 1.165) is 12.1 Å². The van der Waals surface area contributed by atoms with Crippen molar-refractivity contribution in [1.82, 2.24) is 10.4 Å². The van der Waals surface area contributed by atoms with Gasteiger partial charge in [-0.15, -0.1) is 0 Å². The molecular formula is C12H21N3O2S. The van der Waals surface area contributed by atoms with E-state index in [-0.39, 0.29) is 17.5 Å². The molecule has 0 aromatic carbocycles. The molecule has 6 heteroatoms. The van der Waals surface area contributed by atoms with Gasteiger partial charge in [0.25, 0.3) is 0 Å². The van der Waals surface area contributed by atoms with Gasteiger partial charge in [-0.25, -0.2) is 8.42 Å². The van der Waals surface area contributed by atoms with Crippen molar-refractivity contribution in [3.63, 3.8) is 0 Å². The number of nitrogens with zero attached hydrogens (tertiary/aromatic N) is 1. The van der Waals surface area contributed by atoms with Gasteiger partial charge in [0, 0.05) is 30.1 Å². The molecule has 1 aromatic rings. The van der Waals surface area contributed by atoms with Gasteiger partial charge in [-0.1, -0.05) is 13.0 Å². The highest BCUT2D eigenvalue weighted by Gasteiger charge is 2.12. The zero-order chi connectivity index (χ0) is 13.4. The molecule has 0 fully saturated rings. The van der Waals surface area contributed by atoms with Crippen LogP contribution in [0.15, 0.2) is 24.4 Å². The molecule has 3 N–H and O–H groups in total. The van der Waals surface area contributed by atoms with Gasteiger partial charge in [0.15, 0.2) is 0 Å². The standard InChI is InChI=1S/C12H21N3O2S/c1-2-18(16,17)9-5-7-12(15-13)10-11-6-3-4-8-14-11/h3-4,6,8,12,15H,2,5,7,9-10,13H2,1H3. The summed E-state index contributed by atoms with van der Waals surface area (Å²) in [5.74, 6) is 5.90. The molecule has 0 aliphatic heterocycles. The quantitative estimate of drug-likeness (QED) is 0.536. The zero-order valence-electron chi connectivity index (χ0n) is 10.7. The predicted octanol–water partition coefficient (Wildman–Crippen LogP) is 0.671. The predicted molar refractivity (Wildman–Crippen MR) is 72.6 cm³/mol. The van der Waals surface area contributed by atoms with Gasteiger partial charge < -0.3 is 0 Å². The van der Waals surface area contributed by atoms with E-state index in [1.165, 1.54) is 0 Å². The Hall–Kier alpha value is -0.980. The topological polar surface area (TPSA) is 85.1 Å². The highest BCUT2D eigenvalue weighted by molar-refractivity contribution is 7.91. The maximum absolute atomic E-state index is 11.4. The molecule has 1 rings (SSSR count). The van der Waals surface area contributed by atoms with Gasteiger partial charge >= 0.3 is 0 Å². The largest absolute Gasteiger partial charge is 0.271 e. The van der Waals surface area contributed by atoms with Gasteiger partial charge in [-0.2, -0.15) is 0 Å². The summed E-state index contributed by atoms with van der Waals surface area (Å²) in [6.07, 6.45) is 3.80. The number of hydrogen-bond donors (Lipinski definition) is 2. The molecule has 102 valence electrons. The number of sulfone groups is 1. The second-order valence-electron chi connectivity index (χ2n) is 4.27. The third-order valence-corrected chi connectivity index (χ3v) is 4.66. The van der Waals surface area contributed by atoms with Crippen molar-refractivity contribution >= 4 is 9.84 Å². The lowest BCUT2D eigenvalue weighted by Gasteiger charge is -2.15. The second kappa shape index (κ2) is 7.45. The fourth-order valence-corrected chi connectivity index (χ4v) is 2.60. The molecule has 1 heterocycles. The molecule has 1 aromatic heterocycles. The van der Waals surface area contributed by atoms with Gasteiger partial charge in [0.05, 0.1) is 5.75 Å². The number of nitrogens with two attached hydrogens (primary N) is 1. The van der Waals surface area contributed by atoms with Crippen LogP contribution < -0.4 is 11.3 Å². The molecule has 1 unspecified atom stereocenters. The lowest BCUT2D eigenvalue weighted by Crippen LogP contribution is -2.37. The Labute approximate surface area is 109 Å². The van der Waals surface area contributed by atoms with E-state index in [1.54, 1.807) is 13.1 Å². The van der Waals surface area contributed by atoms with Crippen molar-refractivity contribution in [3.8, 4) is 0 Å². The monoisotopic (exact) mass is 271 g/mol. The van der Waals surface area contributed by atoms with E-state index in [1.807, 2.05) is 18.2 Å². The molecule has 0 aliphatic rings. The Kier molecular flexibility index (Phi) is 6.24. The van der Waals surface area contributed by atoms with Crippen molar-refractivity contribution in [1.29, 1.82) is 0 Å². The van der Waals surface area contributed by atoms with Gasteiger partial charge in [0.1, 0.15) is 9.84 Å². The Morgan fingerprint density at radius 1 is 1.44 bits per heavy atom. The first kappa shape index (κ1) is 15.1. The van der Waals surface area contributed by atoms with E-state index >= 15 is 0 Å². The normalized spacial score (nSPS) is 13.4. The summed E-state index contributed by atoms with van der Waals surface area (Å²) in [6, 6.07) is 5.79. The summed E-state index contributed by atoms with van der Waals surface area (Å²) >= 11 is 0. The van der Waals surface area contributed by atoms with Crippen LogP contribution in [0.2, 0.25) is 0 Å². The molecule has 0 radical (unpaired) electrons. The van der Waals surface area contributed by atoms with Crippen LogP contribution in [0.3, 0.4) is 0 Å². The van der Waals surface area contributed by atoms with Crippen LogP contribution in [-0.2, 0) is 16.3 Å². The minimum atomic E-state index is -2.88. The van der Waals surface area contributed by atoms with Crippen molar-refractivity contribution in [3.05, 3.63) is 30.1 Å². The molecular weight excluding hydrogens is 250 g/mol. The Morgan fingerprint density at radius 3 is 2.78 bits per heavy atom. The fraction of sp³-hybridized carbons (Fsp3) is 0.583. The van der Waals surface area contributed by atoms with Crippen molar-refractivity contribution in [2.24, 2.45) is 5.84 Å². The summed E-state index contributed by atoms with van der Waals surface area (Å²) in [5.41, 5.74) is 3.68. The second-order valence-corrected chi connectivity index (χ2v) is 6.74. The van der Waals surface area contributed by atoms with Crippen LogP contribution in [0.1, 0.15) is 25.5 Å². The van der Waals surface area contributed by atoms with Gasteiger partial charge in [-0.05, 0) is 25.0 Å². The Bertz CT molecular complexity index is 434. The van der Waals surface area contributed by atoms with E-state index in [9.17, 15) is 8.42 Å². The number of hydrazine groups is 1. The van der Waals surface area contributed by atoms with E-state index < -0.39 is 9.84 Å². The van der Waals surface area contributed by atoms with Crippen LogP contribution in [0.4, 0.5) is 0 Å². The third-order valence-electron chi connectivity index (χ3n) is 2.87. The molecule has 1 atom stereocenters. The first-order valence-electron chi connectivity index (χ1n) is 6.14. The fourth-order valence-electron chi connectivity index (χ4n) is 1.71. The molecule has 0 amide bonds. The van der Waals surface area contributed by atoms with Crippen molar-refractivity contribution < 1.29 is 8.42 Å². The minimum Gasteiger partial charge on any atom is -0.271 e. The smallest absolute Gasteiger partial charge is 0.150 e. The van der Waals surface area contributed by atoms with Gasteiger partial charge in [0.2, 0.25) is 0 Å². The molecule has 0 saturated heterocycles. The number of aromatic nitrogens is 1. The van der Waals surface area contributed by atoms with E-state index in [4.69, 9.17) is 5.84 Å². The maximum atomic E-state index is 11.4. The molecule has 0 bridgehead atoms. The summed E-state index contributed by atoms with van der Waals surface area (Å²) in [4.78, 5) is 4.23. The average Bonchev–Trinajstić information content (AvgIpc) is 2.38. The Balaban J connectivity index is 2.39. The summed E-state index contributed by atoms with van der Waals surface area (Å²) in [6.45, 7) is 1.67. The van der Waals surface area contributed by atoms with E-state index in [2.05, 4.69) is 10.4 Å². The first-order chi connectivity index (χ1) is 8.57. The number of pyridine rings is 1. The highest BCUT2D eigenvalue weighted by atomic mass is 32.2. The third kappa shape index (κ3) is 5.57. The average molecular weight is 271 g/mol. The summed E-state index contributed by atoms with van der Waals surface area (Å²) in [7, 11) is -2.88. The highest BCUT2D eigenvalue weighted by Crippen LogP contribution is 2.06. The number of nitrogens with one attached hydrogen (secondary N) is 1. The molecule has 5 nitrogen and oxygen atoms in total. The van der Waals surface area contributed by atoms with Crippen LogP contribution >= 0.6 is 0 Å². The zero-order valence-corrected chi connectivity index (χ0v) is 11.5. The molecule has 0 spiro atoms. The van der Waals surface area contributed by atoms with Crippen LogP contribution in [0.25, 0.3) is 0 Å². The minimum absolute atomic E-state index is 0.0620. The van der Waals surface area contributed by atoms with Crippen LogP contribution in [-0.4, -0.2) is 30.9 Å². The number of rotatable bonds is 8. The SMILES string of the molecule is CCS(=O)(=O)CCCC(Cc1ccccn1)NN. The van der Waals surface area contributed by atoms with Gasteiger partial charge in [-0.3, -0.25) is 16.3 Å². The van der Waals surface area contributed by atoms with Crippen LogP contribution in [0.5, 0.6) is 0 Å². The first-order valence-corrected chi connectivity index (χ1v) is 7.96. The lowest BCUT2D eigenvalue weighted by molar-refractivity contribution is 0.480. The Morgan fingerprint density at radius 2 is 2.22 bits per heavy atom. The number of hydrogen-bond acceptors (Lipinski definition) is 5. The molecule has 18 heavy (non-hydrogen) atoms. The van der Waals surface area contributed by atoms with Crippen molar-refractivity contribution in [2.45, 2.75) is 32.2 Å². The maximum Gasteiger partial charge on any atom is 0.150 e. The lowest BCUT2D eigenvalue weighted by atomic mass is 10.1. The van der Waals surface area contributed by atoms with Crippen molar-refractivity contribution in [2.75, 3.05) is 11.5 Å². The van der Waals surface area contributed by atoms with Crippen LogP contribution in [0, 0.1) is 0 Å². The molecule has 0 aliphatic carbocycles. The summed E-state index contributed by atoms with van der Waals surface area (Å²) < 4.78 is 22.7. The summed E-state index contributed by atoms with van der Waals surface area (Å²) in [5, 5.41) is 0. The van der Waals surface area contributed by atoms with E-state index in [0.29, 0.717) is 12.8 Å². The molecule has 0 saturated carbocycles.